The van der Waals surface area contributed by atoms with Gasteiger partial charge in [0.1, 0.15) is 6.29 Å². The predicted molar refractivity (Wildman–Crippen MR) is 41.9 cm³/mol. The standard InChI is InChI=1S/C7H12O2S/c1-7(4-5-8)3-2-6-10-9-7/h5H,2-4,6H2,1H3. The van der Waals surface area contributed by atoms with Crippen molar-refractivity contribution >= 4 is 18.3 Å². The molecule has 1 unspecified atom stereocenters. The molecule has 1 fully saturated rings. The molecule has 1 aliphatic rings. The number of carbonyl (C=O) groups is 1. The summed E-state index contributed by atoms with van der Waals surface area (Å²) in [7, 11) is 0. The lowest BCUT2D eigenvalue weighted by Gasteiger charge is -2.30. The van der Waals surface area contributed by atoms with Gasteiger partial charge in [0.2, 0.25) is 0 Å². The second-order valence-corrected chi connectivity index (χ2v) is 3.64. The largest absolute Gasteiger partial charge is 0.309 e. The zero-order valence-corrected chi connectivity index (χ0v) is 6.95. The predicted octanol–water partition coefficient (Wildman–Crippen LogP) is 1.79. The highest BCUT2D eigenvalue weighted by Gasteiger charge is 2.27. The Labute approximate surface area is 65.5 Å². The van der Waals surface area contributed by atoms with E-state index in [-0.39, 0.29) is 5.60 Å². The summed E-state index contributed by atoms with van der Waals surface area (Å²) in [6, 6.07) is 0. The molecule has 1 rings (SSSR count). The van der Waals surface area contributed by atoms with Crippen LogP contribution >= 0.6 is 12.0 Å². The monoisotopic (exact) mass is 160 g/mol. The van der Waals surface area contributed by atoms with Gasteiger partial charge in [-0.2, -0.15) is 0 Å². The Morgan fingerprint density at radius 2 is 2.60 bits per heavy atom. The lowest BCUT2D eigenvalue weighted by atomic mass is 9.97. The van der Waals surface area contributed by atoms with E-state index in [4.69, 9.17) is 4.18 Å². The Hall–Kier alpha value is -0.0200. The minimum Gasteiger partial charge on any atom is -0.309 e. The summed E-state index contributed by atoms with van der Waals surface area (Å²) >= 11 is 1.48. The number of hydrogen-bond donors (Lipinski definition) is 0. The second kappa shape index (κ2) is 3.39. The van der Waals surface area contributed by atoms with Crippen LogP contribution in [0, 0.1) is 0 Å². The van der Waals surface area contributed by atoms with Crippen LogP contribution in [0.5, 0.6) is 0 Å². The zero-order valence-electron chi connectivity index (χ0n) is 6.13. The van der Waals surface area contributed by atoms with Crippen molar-refractivity contribution in [1.82, 2.24) is 0 Å². The third-order valence-electron chi connectivity index (χ3n) is 1.71. The molecular weight excluding hydrogens is 148 g/mol. The van der Waals surface area contributed by atoms with Gasteiger partial charge in [-0.3, -0.25) is 0 Å². The molecular formula is C7H12O2S. The molecule has 1 atom stereocenters. The molecule has 3 heteroatoms. The lowest BCUT2D eigenvalue weighted by Crippen LogP contribution is -2.29. The van der Waals surface area contributed by atoms with Crippen LogP contribution in [0.4, 0.5) is 0 Å². The summed E-state index contributed by atoms with van der Waals surface area (Å²) in [6.45, 7) is 1.99. The molecule has 2 nitrogen and oxygen atoms in total. The van der Waals surface area contributed by atoms with Crippen molar-refractivity contribution < 1.29 is 8.98 Å². The molecule has 0 aromatic heterocycles. The molecule has 0 saturated carbocycles. The molecule has 0 bridgehead atoms. The summed E-state index contributed by atoms with van der Waals surface area (Å²) in [5.41, 5.74) is -0.176. The van der Waals surface area contributed by atoms with E-state index in [1.165, 1.54) is 12.0 Å². The third-order valence-corrected chi connectivity index (χ3v) is 2.68. The molecule has 0 aromatic carbocycles. The average Bonchev–Trinajstić information content (AvgIpc) is 1.89. The van der Waals surface area contributed by atoms with Crippen LogP contribution in [-0.4, -0.2) is 17.6 Å². The Balaban J connectivity index is 2.39. The van der Waals surface area contributed by atoms with Gasteiger partial charge in [0.15, 0.2) is 0 Å². The van der Waals surface area contributed by atoms with Crippen molar-refractivity contribution in [2.45, 2.75) is 31.8 Å². The molecule has 58 valence electrons. The Morgan fingerprint density at radius 3 is 3.10 bits per heavy atom. The smallest absolute Gasteiger partial charge is 0.122 e. The third kappa shape index (κ3) is 1.99. The Kier molecular flexibility index (Phi) is 2.74. The van der Waals surface area contributed by atoms with Crippen LogP contribution in [0.1, 0.15) is 26.2 Å². The number of rotatable bonds is 2. The first kappa shape index (κ1) is 8.08. The molecule has 0 amide bonds. The van der Waals surface area contributed by atoms with Crippen LogP contribution in [-0.2, 0) is 8.98 Å². The quantitative estimate of drug-likeness (QED) is 0.455. The highest BCUT2D eigenvalue weighted by molar-refractivity contribution is 7.94. The van der Waals surface area contributed by atoms with Gasteiger partial charge in [0, 0.05) is 12.2 Å². The minimum absolute atomic E-state index is 0.176. The fourth-order valence-electron chi connectivity index (χ4n) is 1.04. The molecule has 0 aliphatic carbocycles. The van der Waals surface area contributed by atoms with Crippen LogP contribution in [0.25, 0.3) is 0 Å². The van der Waals surface area contributed by atoms with Gasteiger partial charge in [-0.05, 0) is 31.8 Å². The van der Waals surface area contributed by atoms with Crippen molar-refractivity contribution in [3.05, 3.63) is 0 Å². The first-order chi connectivity index (χ1) is 4.77. The molecule has 10 heavy (non-hydrogen) atoms. The van der Waals surface area contributed by atoms with Crippen molar-refractivity contribution in [1.29, 1.82) is 0 Å². The van der Waals surface area contributed by atoms with Crippen LogP contribution in [0.15, 0.2) is 0 Å². The van der Waals surface area contributed by atoms with E-state index in [0.717, 1.165) is 24.9 Å². The fourth-order valence-corrected chi connectivity index (χ4v) is 1.82. The maximum atomic E-state index is 10.2. The first-order valence-corrected chi connectivity index (χ1v) is 4.42. The number of carbonyl (C=O) groups excluding carboxylic acids is 1. The Morgan fingerprint density at radius 1 is 1.80 bits per heavy atom. The van der Waals surface area contributed by atoms with E-state index < -0.39 is 0 Å². The molecule has 1 saturated heterocycles. The van der Waals surface area contributed by atoms with E-state index in [2.05, 4.69) is 0 Å². The summed E-state index contributed by atoms with van der Waals surface area (Å²) < 4.78 is 5.39. The van der Waals surface area contributed by atoms with Gasteiger partial charge in [-0.1, -0.05) is 0 Å². The lowest BCUT2D eigenvalue weighted by molar-refractivity contribution is -0.111. The van der Waals surface area contributed by atoms with Gasteiger partial charge < -0.3 is 8.98 Å². The second-order valence-electron chi connectivity index (χ2n) is 2.83. The molecule has 1 aliphatic heterocycles. The van der Waals surface area contributed by atoms with E-state index in [1.54, 1.807) is 0 Å². The molecule has 0 radical (unpaired) electrons. The van der Waals surface area contributed by atoms with Crippen molar-refractivity contribution in [2.75, 3.05) is 5.75 Å². The van der Waals surface area contributed by atoms with Gasteiger partial charge in [0.05, 0.1) is 5.60 Å². The summed E-state index contributed by atoms with van der Waals surface area (Å²) in [5.74, 6) is 1.06. The van der Waals surface area contributed by atoms with Crippen LogP contribution in [0.2, 0.25) is 0 Å². The van der Waals surface area contributed by atoms with Gasteiger partial charge in [-0.25, -0.2) is 0 Å². The van der Waals surface area contributed by atoms with Crippen LogP contribution < -0.4 is 0 Å². The highest BCUT2D eigenvalue weighted by Crippen LogP contribution is 2.32. The summed E-state index contributed by atoms with van der Waals surface area (Å²) in [6.07, 6.45) is 3.64. The van der Waals surface area contributed by atoms with Gasteiger partial charge >= 0.3 is 0 Å². The fraction of sp³-hybridized carbons (Fsp3) is 0.857. The van der Waals surface area contributed by atoms with Crippen molar-refractivity contribution in [3.8, 4) is 0 Å². The highest BCUT2D eigenvalue weighted by atomic mass is 32.2. The zero-order chi connectivity index (χ0) is 7.45. The number of hydrogen-bond acceptors (Lipinski definition) is 3. The summed E-state index contributed by atoms with van der Waals surface area (Å²) in [4.78, 5) is 10.2. The number of aldehydes is 1. The molecule has 0 spiro atoms. The topological polar surface area (TPSA) is 26.3 Å². The minimum atomic E-state index is -0.176. The Bertz CT molecular complexity index is 119. The van der Waals surface area contributed by atoms with E-state index in [0.29, 0.717) is 6.42 Å². The van der Waals surface area contributed by atoms with Crippen molar-refractivity contribution in [3.63, 3.8) is 0 Å². The maximum Gasteiger partial charge on any atom is 0.122 e. The first-order valence-electron chi connectivity index (χ1n) is 3.51. The van der Waals surface area contributed by atoms with E-state index in [1.807, 2.05) is 6.92 Å². The van der Waals surface area contributed by atoms with E-state index >= 15 is 0 Å². The SMILES string of the molecule is CC1(CC=O)CCCSO1. The van der Waals surface area contributed by atoms with E-state index in [9.17, 15) is 4.79 Å². The van der Waals surface area contributed by atoms with Crippen LogP contribution in [0.3, 0.4) is 0 Å². The average molecular weight is 160 g/mol. The molecule has 0 aromatic rings. The van der Waals surface area contributed by atoms with Gasteiger partial charge in [0.25, 0.3) is 0 Å². The van der Waals surface area contributed by atoms with Gasteiger partial charge in [-0.15, -0.1) is 0 Å². The maximum absolute atomic E-state index is 10.2. The normalized spacial score (nSPS) is 33.7. The molecule has 1 heterocycles. The van der Waals surface area contributed by atoms with Crippen molar-refractivity contribution in [2.24, 2.45) is 0 Å². The summed E-state index contributed by atoms with van der Waals surface area (Å²) in [5, 5.41) is 0. The molecule has 0 N–H and O–H groups in total.